The van der Waals surface area contributed by atoms with Crippen LogP contribution in [0.5, 0.6) is 0 Å². The number of ether oxygens (including phenoxy) is 2. The smallest absolute Gasteiger partial charge is 0.414 e. The van der Waals surface area contributed by atoms with E-state index in [-0.39, 0.29) is 23.8 Å². The first-order valence-electron chi connectivity index (χ1n) is 8.89. The van der Waals surface area contributed by atoms with Crippen molar-refractivity contribution >= 4 is 23.5 Å². The molecule has 2 heterocycles. The molecule has 7 heteroatoms. The van der Waals surface area contributed by atoms with Gasteiger partial charge in [-0.3, -0.25) is 4.90 Å². The first-order valence-corrected chi connectivity index (χ1v) is 8.89. The molecule has 0 aromatic heterocycles. The summed E-state index contributed by atoms with van der Waals surface area (Å²) >= 11 is 0. The van der Waals surface area contributed by atoms with Crippen molar-refractivity contribution in [3.05, 3.63) is 24.3 Å². The molecule has 1 saturated carbocycles. The Morgan fingerprint density at radius 1 is 1.28 bits per heavy atom. The van der Waals surface area contributed by atoms with Crippen LogP contribution >= 0.6 is 0 Å². The molecule has 134 valence electrons. The molecule has 3 amide bonds. The highest BCUT2D eigenvalue weighted by atomic mass is 16.6. The highest BCUT2D eigenvalue weighted by Gasteiger charge is 2.42. The Bertz CT molecular complexity index is 672. The zero-order chi connectivity index (χ0) is 17.3. The third kappa shape index (κ3) is 3.42. The molecule has 2 aliphatic heterocycles. The van der Waals surface area contributed by atoms with E-state index in [4.69, 9.17) is 9.47 Å². The fourth-order valence-corrected chi connectivity index (χ4v) is 4.04. The van der Waals surface area contributed by atoms with Gasteiger partial charge in [0.2, 0.25) is 0 Å². The first kappa shape index (κ1) is 16.2. The Morgan fingerprint density at radius 3 is 2.88 bits per heavy atom. The molecule has 25 heavy (non-hydrogen) atoms. The minimum Gasteiger partial charge on any atom is -0.447 e. The van der Waals surface area contributed by atoms with Crippen molar-refractivity contribution in [1.29, 1.82) is 0 Å². The minimum atomic E-state index is -0.355. The van der Waals surface area contributed by atoms with Gasteiger partial charge in [0.15, 0.2) is 0 Å². The topological polar surface area (TPSA) is 79.9 Å². The highest BCUT2D eigenvalue weighted by Crippen LogP contribution is 2.40. The van der Waals surface area contributed by atoms with E-state index in [1.807, 2.05) is 12.1 Å². The lowest BCUT2D eigenvalue weighted by molar-refractivity contribution is 0.00998. The number of nitrogens with one attached hydrogen (secondary N) is 2. The monoisotopic (exact) mass is 345 g/mol. The largest absolute Gasteiger partial charge is 0.447 e. The third-order valence-corrected chi connectivity index (χ3v) is 5.24. The minimum absolute atomic E-state index is 0.00597. The summed E-state index contributed by atoms with van der Waals surface area (Å²) in [7, 11) is 0. The number of amides is 3. The molecule has 2 N–H and O–H groups in total. The van der Waals surface area contributed by atoms with E-state index in [2.05, 4.69) is 10.6 Å². The molecule has 1 aromatic rings. The summed E-state index contributed by atoms with van der Waals surface area (Å²) in [6.07, 6.45) is 5.16. The number of carbonyl (C=O) groups excluding carboxylic acids is 2. The zero-order valence-corrected chi connectivity index (χ0v) is 14.1. The number of benzene rings is 1. The molecule has 2 saturated heterocycles. The summed E-state index contributed by atoms with van der Waals surface area (Å²) in [5.74, 6) is 0. The van der Waals surface area contributed by atoms with E-state index in [9.17, 15) is 9.59 Å². The van der Waals surface area contributed by atoms with Crippen LogP contribution < -0.4 is 15.5 Å². The second kappa shape index (κ2) is 6.55. The standard InChI is InChI=1S/C18H23N3O4/c22-16(20-14-11-18(25-12-14)6-1-2-7-18)19-13-4-3-5-15(10-13)21-8-9-24-17(21)23/h3-5,10,14H,1-2,6-9,11-12H2,(H2,19,20,22)/t14-/m0/s1. The van der Waals surface area contributed by atoms with Crippen LogP contribution in [0.25, 0.3) is 0 Å². The Balaban J connectivity index is 1.34. The van der Waals surface area contributed by atoms with E-state index in [1.165, 1.54) is 12.8 Å². The molecule has 1 atom stereocenters. The number of cyclic esters (lactones) is 1. The van der Waals surface area contributed by atoms with Crippen molar-refractivity contribution in [1.82, 2.24) is 5.32 Å². The predicted molar refractivity (Wildman–Crippen MR) is 92.8 cm³/mol. The molecular weight excluding hydrogens is 322 g/mol. The van der Waals surface area contributed by atoms with E-state index < -0.39 is 0 Å². The van der Waals surface area contributed by atoms with E-state index >= 15 is 0 Å². The molecule has 1 aliphatic carbocycles. The summed E-state index contributed by atoms with van der Waals surface area (Å²) in [5.41, 5.74) is 1.35. The summed E-state index contributed by atoms with van der Waals surface area (Å²) in [4.78, 5) is 25.5. The Kier molecular flexibility index (Phi) is 4.25. The highest BCUT2D eigenvalue weighted by molar-refractivity contribution is 5.93. The van der Waals surface area contributed by atoms with Crippen LogP contribution in [-0.2, 0) is 9.47 Å². The van der Waals surface area contributed by atoms with Gasteiger partial charge in [-0.2, -0.15) is 0 Å². The quantitative estimate of drug-likeness (QED) is 0.883. The average Bonchev–Trinajstić information content (AvgIpc) is 3.31. The first-order chi connectivity index (χ1) is 12.1. The normalized spacial score (nSPS) is 24.6. The molecule has 1 aromatic carbocycles. The summed E-state index contributed by atoms with van der Waals surface area (Å²) in [6.45, 7) is 1.49. The Morgan fingerprint density at radius 2 is 2.12 bits per heavy atom. The van der Waals surface area contributed by atoms with Crippen molar-refractivity contribution in [2.75, 3.05) is 30.0 Å². The van der Waals surface area contributed by atoms with Crippen LogP contribution in [0.1, 0.15) is 32.1 Å². The van der Waals surface area contributed by atoms with E-state index in [0.29, 0.717) is 25.4 Å². The van der Waals surface area contributed by atoms with Gasteiger partial charge >= 0.3 is 12.1 Å². The molecule has 3 aliphatic rings. The molecular formula is C18H23N3O4. The number of urea groups is 1. The van der Waals surface area contributed by atoms with Gasteiger partial charge < -0.3 is 20.1 Å². The van der Waals surface area contributed by atoms with Crippen molar-refractivity contribution < 1.29 is 19.1 Å². The van der Waals surface area contributed by atoms with Crippen LogP contribution in [-0.4, -0.2) is 43.5 Å². The maximum Gasteiger partial charge on any atom is 0.414 e. The van der Waals surface area contributed by atoms with Crippen LogP contribution in [0.4, 0.5) is 21.0 Å². The lowest BCUT2D eigenvalue weighted by Crippen LogP contribution is -2.39. The van der Waals surface area contributed by atoms with E-state index in [0.717, 1.165) is 24.9 Å². The van der Waals surface area contributed by atoms with E-state index in [1.54, 1.807) is 17.0 Å². The number of nitrogens with zero attached hydrogens (tertiary/aromatic N) is 1. The molecule has 7 nitrogen and oxygen atoms in total. The SMILES string of the molecule is O=C(Nc1cccc(N2CCOC2=O)c1)N[C@@H]1COC2(CCCC2)C1. The maximum atomic E-state index is 12.3. The molecule has 3 fully saturated rings. The van der Waals surface area contributed by atoms with Gasteiger partial charge in [-0.1, -0.05) is 18.9 Å². The van der Waals surface area contributed by atoms with Gasteiger partial charge in [0.25, 0.3) is 0 Å². The molecule has 0 radical (unpaired) electrons. The lowest BCUT2D eigenvalue weighted by atomic mass is 9.96. The van der Waals surface area contributed by atoms with Crippen LogP contribution in [0.2, 0.25) is 0 Å². The number of anilines is 2. The van der Waals surface area contributed by atoms with Gasteiger partial charge in [0.05, 0.1) is 24.8 Å². The summed E-state index contributed by atoms with van der Waals surface area (Å²) in [5, 5.41) is 5.84. The maximum absolute atomic E-state index is 12.3. The second-order valence-electron chi connectivity index (χ2n) is 7.02. The van der Waals surface area contributed by atoms with Gasteiger partial charge in [0.1, 0.15) is 6.61 Å². The fourth-order valence-electron chi connectivity index (χ4n) is 4.04. The average molecular weight is 345 g/mol. The Hall–Kier alpha value is -2.28. The fraction of sp³-hybridized carbons (Fsp3) is 0.556. The number of hydrogen-bond acceptors (Lipinski definition) is 4. The van der Waals surface area contributed by atoms with Crippen LogP contribution in [0.15, 0.2) is 24.3 Å². The number of hydrogen-bond donors (Lipinski definition) is 2. The van der Waals surface area contributed by atoms with Gasteiger partial charge in [-0.15, -0.1) is 0 Å². The van der Waals surface area contributed by atoms with Gasteiger partial charge in [0, 0.05) is 11.4 Å². The van der Waals surface area contributed by atoms with Crippen LogP contribution in [0.3, 0.4) is 0 Å². The predicted octanol–water partition coefficient (Wildman–Crippen LogP) is 2.87. The van der Waals surface area contributed by atoms with Gasteiger partial charge in [-0.25, -0.2) is 9.59 Å². The van der Waals surface area contributed by atoms with Gasteiger partial charge in [-0.05, 0) is 37.5 Å². The molecule has 0 bridgehead atoms. The lowest BCUT2D eigenvalue weighted by Gasteiger charge is -2.21. The Labute approximate surface area is 146 Å². The number of rotatable bonds is 3. The third-order valence-electron chi connectivity index (χ3n) is 5.24. The van der Waals surface area contributed by atoms with Crippen molar-refractivity contribution in [3.63, 3.8) is 0 Å². The summed E-state index contributed by atoms with van der Waals surface area (Å²) < 4.78 is 10.9. The molecule has 0 unspecified atom stereocenters. The molecule has 4 rings (SSSR count). The summed E-state index contributed by atoms with van der Waals surface area (Å²) in [6, 6.07) is 7.01. The second-order valence-corrected chi connectivity index (χ2v) is 7.02. The zero-order valence-electron chi connectivity index (χ0n) is 14.1. The van der Waals surface area contributed by atoms with Crippen LogP contribution in [0, 0.1) is 0 Å². The molecule has 1 spiro atoms. The van der Waals surface area contributed by atoms with Crippen molar-refractivity contribution in [2.24, 2.45) is 0 Å². The van der Waals surface area contributed by atoms with Crippen molar-refractivity contribution in [3.8, 4) is 0 Å². The number of carbonyl (C=O) groups is 2. The van der Waals surface area contributed by atoms with Crippen molar-refractivity contribution in [2.45, 2.75) is 43.7 Å².